The third kappa shape index (κ3) is 3.79. The molecule has 2 aromatic rings. The Kier molecular flexibility index (Phi) is 5.68. The maximum absolute atomic E-state index is 6.18. The molecule has 1 atom stereocenters. The zero-order chi connectivity index (χ0) is 15.4. The van der Waals surface area contributed by atoms with E-state index >= 15 is 0 Å². The average Bonchev–Trinajstić information content (AvgIpc) is 2.45. The Hall–Kier alpha value is -1.03. The largest absolute Gasteiger partial charge is 0.496 e. The van der Waals surface area contributed by atoms with E-state index in [1.165, 1.54) is 11.1 Å². The molecule has 0 aliphatic heterocycles. The number of hydrogen-bond donors (Lipinski definition) is 1. The second-order valence-electron chi connectivity index (χ2n) is 4.88. The lowest BCUT2D eigenvalue weighted by Crippen LogP contribution is -2.23. The van der Waals surface area contributed by atoms with Gasteiger partial charge in [0.2, 0.25) is 0 Å². The molecule has 21 heavy (non-hydrogen) atoms. The lowest BCUT2D eigenvalue weighted by molar-refractivity contribution is 0.404. The molecule has 0 radical (unpaired) electrons. The summed E-state index contributed by atoms with van der Waals surface area (Å²) >= 11 is 9.69. The van der Waals surface area contributed by atoms with Gasteiger partial charge in [-0.3, -0.25) is 0 Å². The molecule has 2 rings (SSSR count). The molecule has 112 valence electrons. The molecule has 0 amide bonds. The van der Waals surface area contributed by atoms with Crippen LogP contribution in [0.25, 0.3) is 0 Å². The first-order chi connectivity index (χ1) is 10.1. The van der Waals surface area contributed by atoms with Gasteiger partial charge >= 0.3 is 0 Å². The van der Waals surface area contributed by atoms with Crippen LogP contribution in [0.5, 0.6) is 5.75 Å². The summed E-state index contributed by atoms with van der Waals surface area (Å²) in [6.45, 7) is 5.06. The molecule has 0 heterocycles. The summed E-state index contributed by atoms with van der Waals surface area (Å²) in [5.74, 6) is 0.840. The van der Waals surface area contributed by atoms with Crippen molar-refractivity contribution in [1.29, 1.82) is 0 Å². The van der Waals surface area contributed by atoms with Crippen LogP contribution in [0.15, 0.2) is 40.9 Å². The van der Waals surface area contributed by atoms with Crippen LogP contribution < -0.4 is 10.1 Å². The van der Waals surface area contributed by atoms with E-state index < -0.39 is 0 Å². The SMILES string of the molecule is CCNC(c1ccc(Br)cc1C)c1cc(Cl)ccc1OC. The van der Waals surface area contributed by atoms with Gasteiger partial charge in [0, 0.05) is 15.1 Å². The van der Waals surface area contributed by atoms with Crippen molar-refractivity contribution in [3.63, 3.8) is 0 Å². The first-order valence-electron chi connectivity index (χ1n) is 6.89. The van der Waals surface area contributed by atoms with E-state index in [2.05, 4.69) is 53.3 Å². The number of nitrogens with one attached hydrogen (secondary N) is 1. The molecule has 2 nitrogen and oxygen atoms in total. The standard InChI is InChI=1S/C17H19BrClNO/c1-4-20-17(14-7-5-12(18)9-11(14)2)15-10-13(19)6-8-16(15)21-3/h5-10,17,20H,4H2,1-3H3. The molecule has 4 heteroatoms. The molecule has 0 saturated heterocycles. The second-order valence-corrected chi connectivity index (χ2v) is 6.23. The van der Waals surface area contributed by atoms with Crippen molar-refractivity contribution >= 4 is 27.5 Å². The number of benzene rings is 2. The van der Waals surface area contributed by atoms with Gasteiger partial charge in [0.25, 0.3) is 0 Å². The van der Waals surface area contributed by atoms with Crippen LogP contribution in [-0.4, -0.2) is 13.7 Å². The summed E-state index contributed by atoms with van der Waals surface area (Å²) in [6.07, 6.45) is 0. The highest BCUT2D eigenvalue weighted by molar-refractivity contribution is 9.10. The summed E-state index contributed by atoms with van der Waals surface area (Å²) in [7, 11) is 1.68. The van der Waals surface area contributed by atoms with Crippen LogP contribution in [-0.2, 0) is 0 Å². The Labute approximate surface area is 139 Å². The van der Waals surface area contributed by atoms with Gasteiger partial charge < -0.3 is 10.1 Å². The Balaban J connectivity index is 2.55. The highest BCUT2D eigenvalue weighted by Gasteiger charge is 2.19. The molecular weight excluding hydrogens is 350 g/mol. The topological polar surface area (TPSA) is 21.3 Å². The monoisotopic (exact) mass is 367 g/mol. The van der Waals surface area contributed by atoms with E-state index in [0.29, 0.717) is 5.02 Å². The fourth-order valence-corrected chi connectivity index (χ4v) is 3.14. The first kappa shape index (κ1) is 16.3. The predicted molar refractivity (Wildman–Crippen MR) is 92.4 cm³/mol. The minimum Gasteiger partial charge on any atom is -0.496 e. The Morgan fingerprint density at radius 1 is 1.19 bits per heavy atom. The summed E-state index contributed by atoms with van der Waals surface area (Å²) in [5, 5.41) is 4.24. The van der Waals surface area contributed by atoms with E-state index in [0.717, 1.165) is 22.3 Å². The summed E-state index contributed by atoms with van der Waals surface area (Å²) in [6, 6.07) is 12.1. The summed E-state index contributed by atoms with van der Waals surface area (Å²) in [5.41, 5.74) is 3.50. The number of aryl methyl sites for hydroxylation is 1. The fourth-order valence-electron chi connectivity index (χ4n) is 2.49. The molecule has 0 aromatic heterocycles. The van der Waals surface area contributed by atoms with Crippen molar-refractivity contribution in [2.75, 3.05) is 13.7 Å². The van der Waals surface area contributed by atoms with Crippen molar-refractivity contribution in [3.05, 3.63) is 62.6 Å². The third-order valence-corrected chi connectivity index (χ3v) is 4.18. The molecule has 0 saturated carbocycles. The number of rotatable bonds is 5. The number of halogens is 2. The molecule has 1 unspecified atom stereocenters. The Morgan fingerprint density at radius 2 is 1.95 bits per heavy atom. The molecule has 1 N–H and O–H groups in total. The van der Waals surface area contributed by atoms with Gasteiger partial charge in [-0.2, -0.15) is 0 Å². The van der Waals surface area contributed by atoms with Crippen LogP contribution in [0.2, 0.25) is 5.02 Å². The third-order valence-electron chi connectivity index (χ3n) is 3.45. The van der Waals surface area contributed by atoms with Crippen LogP contribution in [0.3, 0.4) is 0 Å². The molecular formula is C17H19BrClNO. The molecule has 2 aromatic carbocycles. The van der Waals surface area contributed by atoms with Crippen LogP contribution >= 0.6 is 27.5 Å². The van der Waals surface area contributed by atoms with Gasteiger partial charge in [-0.05, 0) is 54.9 Å². The van der Waals surface area contributed by atoms with Crippen LogP contribution in [0.4, 0.5) is 0 Å². The van der Waals surface area contributed by atoms with Gasteiger partial charge in [0.1, 0.15) is 5.75 Å². The summed E-state index contributed by atoms with van der Waals surface area (Å²) < 4.78 is 6.59. The van der Waals surface area contributed by atoms with E-state index in [-0.39, 0.29) is 6.04 Å². The van der Waals surface area contributed by atoms with E-state index in [1.807, 2.05) is 18.2 Å². The maximum atomic E-state index is 6.18. The fraction of sp³-hybridized carbons (Fsp3) is 0.294. The van der Waals surface area contributed by atoms with E-state index in [4.69, 9.17) is 16.3 Å². The second kappa shape index (κ2) is 7.30. The van der Waals surface area contributed by atoms with Gasteiger partial charge in [-0.1, -0.05) is 40.5 Å². The van der Waals surface area contributed by atoms with Crippen molar-refractivity contribution in [2.24, 2.45) is 0 Å². The molecule has 0 fully saturated rings. The normalized spacial score (nSPS) is 12.2. The average molecular weight is 369 g/mol. The van der Waals surface area contributed by atoms with Crippen molar-refractivity contribution < 1.29 is 4.74 Å². The number of ether oxygens (including phenoxy) is 1. The smallest absolute Gasteiger partial charge is 0.124 e. The first-order valence-corrected chi connectivity index (χ1v) is 8.06. The predicted octanol–water partition coefficient (Wildman–Crippen LogP) is 5.12. The highest BCUT2D eigenvalue weighted by Crippen LogP contribution is 2.34. The summed E-state index contributed by atoms with van der Waals surface area (Å²) in [4.78, 5) is 0. The van der Waals surface area contributed by atoms with Crippen LogP contribution in [0, 0.1) is 6.92 Å². The quantitative estimate of drug-likeness (QED) is 0.791. The molecule has 0 aliphatic rings. The lowest BCUT2D eigenvalue weighted by Gasteiger charge is -2.23. The van der Waals surface area contributed by atoms with E-state index in [1.54, 1.807) is 7.11 Å². The van der Waals surface area contributed by atoms with Crippen molar-refractivity contribution in [3.8, 4) is 5.75 Å². The van der Waals surface area contributed by atoms with Gasteiger partial charge in [-0.25, -0.2) is 0 Å². The Morgan fingerprint density at radius 3 is 2.57 bits per heavy atom. The molecule has 0 aliphatic carbocycles. The van der Waals surface area contributed by atoms with Gasteiger partial charge in [0.05, 0.1) is 13.2 Å². The number of hydrogen-bond acceptors (Lipinski definition) is 2. The molecule has 0 bridgehead atoms. The zero-order valence-corrected chi connectivity index (χ0v) is 14.8. The van der Waals surface area contributed by atoms with Crippen LogP contribution in [0.1, 0.15) is 29.7 Å². The van der Waals surface area contributed by atoms with E-state index in [9.17, 15) is 0 Å². The lowest BCUT2D eigenvalue weighted by atomic mass is 9.94. The zero-order valence-electron chi connectivity index (χ0n) is 12.4. The highest BCUT2D eigenvalue weighted by atomic mass is 79.9. The minimum absolute atomic E-state index is 0.0525. The molecule has 0 spiro atoms. The van der Waals surface area contributed by atoms with Crippen molar-refractivity contribution in [1.82, 2.24) is 5.32 Å². The number of methoxy groups -OCH3 is 1. The van der Waals surface area contributed by atoms with Crippen molar-refractivity contribution in [2.45, 2.75) is 19.9 Å². The van der Waals surface area contributed by atoms with Gasteiger partial charge in [-0.15, -0.1) is 0 Å². The minimum atomic E-state index is 0.0525. The Bertz CT molecular complexity index is 630. The maximum Gasteiger partial charge on any atom is 0.124 e. The van der Waals surface area contributed by atoms with Gasteiger partial charge in [0.15, 0.2) is 0 Å².